The molecule has 0 radical (unpaired) electrons. The monoisotopic (exact) mass is 254 g/mol. The second kappa shape index (κ2) is 5.48. The van der Waals surface area contributed by atoms with Gasteiger partial charge in [0.05, 0.1) is 18.2 Å². The Bertz CT molecular complexity index is 329. The summed E-state index contributed by atoms with van der Waals surface area (Å²) in [6.07, 6.45) is 0.581. The van der Waals surface area contributed by atoms with Crippen molar-refractivity contribution in [1.82, 2.24) is 4.90 Å². The van der Waals surface area contributed by atoms with Crippen molar-refractivity contribution in [3.63, 3.8) is 0 Å². The van der Waals surface area contributed by atoms with Gasteiger partial charge in [0.2, 0.25) is 0 Å². The molecule has 0 aromatic carbocycles. The lowest BCUT2D eigenvalue weighted by Crippen LogP contribution is -2.50. The third-order valence-corrected chi connectivity index (χ3v) is 3.93. The van der Waals surface area contributed by atoms with Crippen LogP contribution in [0.1, 0.15) is 32.4 Å². The summed E-state index contributed by atoms with van der Waals surface area (Å²) in [5.41, 5.74) is 7.51. The quantitative estimate of drug-likeness (QED) is 0.899. The van der Waals surface area contributed by atoms with Crippen LogP contribution in [0, 0.1) is 0 Å². The van der Waals surface area contributed by atoms with Gasteiger partial charge < -0.3 is 10.5 Å². The van der Waals surface area contributed by atoms with E-state index in [1.54, 1.807) is 11.3 Å². The molecule has 17 heavy (non-hydrogen) atoms. The van der Waals surface area contributed by atoms with Crippen LogP contribution in [-0.2, 0) is 4.74 Å². The third-order valence-electron chi connectivity index (χ3n) is 3.22. The fraction of sp³-hybridized carbons (Fsp3) is 0.692. The van der Waals surface area contributed by atoms with Gasteiger partial charge in [-0.05, 0) is 43.2 Å². The minimum atomic E-state index is 0.141. The maximum Gasteiger partial charge on any atom is 0.0678 e. The van der Waals surface area contributed by atoms with E-state index >= 15 is 0 Å². The Morgan fingerprint density at radius 2 is 2.06 bits per heavy atom. The van der Waals surface area contributed by atoms with Crippen molar-refractivity contribution in [3.8, 4) is 0 Å². The zero-order chi connectivity index (χ0) is 12.4. The van der Waals surface area contributed by atoms with E-state index in [2.05, 4.69) is 42.5 Å². The molecule has 1 fully saturated rings. The Hall–Kier alpha value is -0.420. The number of thiophene rings is 1. The van der Waals surface area contributed by atoms with E-state index in [4.69, 9.17) is 10.5 Å². The molecule has 2 N–H and O–H groups in total. The first-order chi connectivity index (χ1) is 8.08. The molecule has 2 unspecified atom stereocenters. The number of nitrogens with zero attached hydrogens (tertiary/aromatic N) is 1. The number of morpholine rings is 1. The predicted octanol–water partition coefficient (Wildman–Crippen LogP) is 2.25. The summed E-state index contributed by atoms with van der Waals surface area (Å²) in [5.74, 6) is 0. The predicted molar refractivity (Wildman–Crippen MR) is 72.3 cm³/mol. The average Bonchev–Trinajstić information content (AvgIpc) is 2.68. The Morgan fingerprint density at radius 1 is 1.41 bits per heavy atom. The van der Waals surface area contributed by atoms with Crippen LogP contribution in [0.25, 0.3) is 0 Å². The van der Waals surface area contributed by atoms with E-state index in [0.29, 0.717) is 18.2 Å². The van der Waals surface area contributed by atoms with E-state index < -0.39 is 0 Å². The smallest absolute Gasteiger partial charge is 0.0678 e. The molecule has 1 aromatic heterocycles. The Balaban J connectivity index is 2.16. The summed E-state index contributed by atoms with van der Waals surface area (Å²) >= 11 is 1.74. The van der Waals surface area contributed by atoms with Crippen LogP contribution in [0.3, 0.4) is 0 Å². The van der Waals surface area contributed by atoms with Crippen LogP contribution in [0.4, 0.5) is 0 Å². The van der Waals surface area contributed by atoms with E-state index in [-0.39, 0.29) is 6.04 Å². The van der Waals surface area contributed by atoms with Crippen molar-refractivity contribution >= 4 is 11.3 Å². The molecule has 4 atom stereocenters. The lowest BCUT2D eigenvalue weighted by molar-refractivity contribution is -0.0830. The zero-order valence-corrected chi connectivity index (χ0v) is 11.6. The van der Waals surface area contributed by atoms with Crippen molar-refractivity contribution < 1.29 is 4.74 Å². The van der Waals surface area contributed by atoms with Gasteiger partial charge in [-0.15, -0.1) is 0 Å². The Morgan fingerprint density at radius 3 is 2.53 bits per heavy atom. The first-order valence-corrected chi connectivity index (χ1v) is 7.19. The van der Waals surface area contributed by atoms with Crippen molar-refractivity contribution in [3.05, 3.63) is 22.4 Å². The fourth-order valence-corrected chi connectivity index (χ4v) is 3.42. The number of ether oxygens (including phenoxy) is 1. The maximum absolute atomic E-state index is 6.17. The average molecular weight is 254 g/mol. The van der Waals surface area contributed by atoms with Crippen molar-refractivity contribution in [2.24, 2.45) is 5.73 Å². The number of nitrogens with two attached hydrogens (primary N) is 1. The molecule has 1 saturated heterocycles. The first-order valence-electron chi connectivity index (χ1n) is 6.25. The Labute approximate surface area is 108 Å². The van der Waals surface area contributed by atoms with Crippen LogP contribution >= 0.6 is 11.3 Å². The first kappa shape index (κ1) is 13.0. The van der Waals surface area contributed by atoms with E-state index in [0.717, 1.165) is 13.1 Å². The molecular weight excluding hydrogens is 232 g/mol. The molecule has 1 aliphatic rings. The van der Waals surface area contributed by atoms with Crippen molar-refractivity contribution in [2.45, 2.75) is 45.1 Å². The van der Waals surface area contributed by atoms with Gasteiger partial charge in [-0.1, -0.05) is 0 Å². The SMILES string of the molecule is CC(N)C(c1ccsc1)N1C[C@@H](C)O[C@@H](C)C1. The van der Waals surface area contributed by atoms with Gasteiger partial charge in [0.15, 0.2) is 0 Å². The minimum absolute atomic E-state index is 0.141. The number of hydrogen-bond acceptors (Lipinski definition) is 4. The van der Waals surface area contributed by atoms with Crippen LogP contribution in [-0.4, -0.2) is 36.2 Å². The third kappa shape index (κ3) is 3.07. The van der Waals surface area contributed by atoms with Crippen molar-refractivity contribution in [2.75, 3.05) is 13.1 Å². The summed E-state index contributed by atoms with van der Waals surface area (Å²) in [5, 5.41) is 4.33. The topological polar surface area (TPSA) is 38.5 Å². The molecule has 0 aliphatic carbocycles. The van der Waals surface area contributed by atoms with E-state index in [9.17, 15) is 0 Å². The highest BCUT2D eigenvalue weighted by Crippen LogP contribution is 2.28. The molecule has 1 aliphatic heterocycles. The molecule has 4 heteroatoms. The second-order valence-electron chi connectivity index (χ2n) is 5.07. The fourth-order valence-electron chi connectivity index (χ4n) is 2.73. The van der Waals surface area contributed by atoms with Crippen LogP contribution < -0.4 is 5.73 Å². The highest BCUT2D eigenvalue weighted by atomic mass is 32.1. The second-order valence-corrected chi connectivity index (χ2v) is 5.85. The molecule has 2 heterocycles. The summed E-state index contributed by atoms with van der Waals surface area (Å²) < 4.78 is 5.78. The van der Waals surface area contributed by atoms with Gasteiger partial charge >= 0.3 is 0 Å². The lowest BCUT2D eigenvalue weighted by atomic mass is 10.0. The molecule has 96 valence electrons. The molecule has 0 amide bonds. The van der Waals surface area contributed by atoms with Gasteiger partial charge in [0, 0.05) is 19.1 Å². The molecule has 0 bridgehead atoms. The van der Waals surface area contributed by atoms with E-state index in [1.807, 2.05) is 0 Å². The molecule has 2 rings (SSSR count). The molecular formula is C13H22N2OS. The van der Waals surface area contributed by atoms with Gasteiger partial charge in [-0.3, -0.25) is 4.90 Å². The highest BCUT2D eigenvalue weighted by molar-refractivity contribution is 7.07. The van der Waals surface area contributed by atoms with Crippen LogP contribution in [0.2, 0.25) is 0 Å². The number of hydrogen-bond donors (Lipinski definition) is 1. The number of rotatable bonds is 3. The Kier molecular flexibility index (Phi) is 4.20. The van der Waals surface area contributed by atoms with Gasteiger partial charge in [0.25, 0.3) is 0 Å². The lowest BCUT2D eigenvalue weighted by Gasteiger charge is -2.41. The molecule has 1 aromatic rings. The van der Waals surface area contributed by atoms with Gasteiger partial charge in [0.1, 0.15) is 0 Å². The van der Waals surface area contributed by atoms with Gasteiger partial charge in [-0.2, -0.15) is 11.3 Å². The minimum Gasteiger partial charge on any atom is -0.373 e. The standard InChI is InChI=1S/C13H22N2OS/c1-9-6-15(7-10(2)16-9)13(11(3)14)12-4-5-17-8-12/h4-5,8-11,13H,6-7,14H2,1-3H3/t9-,10+,11?,13?. The van der Waals surface area contributed by atoms with Crippen LogP contribution in [0.15, 0.2) is 16.8 Å². The molecule has 0 spiro atoms. The van der Waals surface area contributed by atoms with Gasteiger partial charge in [-0.25, -0.2) is 0 Å². The largest absolute Gasteiger partial charge is 0.373 e. The zero-order valence-electron chi connectivity index (χ0n) is 10.8. The summed E-state index contributed by atoms with van der Waals surface area (Å²) in [6.45, 7) is 8.29. The van der Waals surface area contributed by atoms with E-state index in [1.165, 1.54) is 5.56 Å². The van der Waals surface area contributed by atoms with Crippen LogP contribution in [0.5, 0.6) is 0 Å². The maximum atomic E-state index is 6.17. The van der Waals surface area contributed by atoms with Crippen molar-refractivity contribution in [1.29, 1.82) is 0 Å². The molecule has 3 nitrogen and oxygen atoms in total. The summed E-state index contributed by atoms with van der Waals surface area (Å²) in [6, 6.07) is 2.64. The summed E-state index contributed by atoms with van der Waals surface area (Å²) in [7, 11) is 0. The molecule has 0 saturated carbocycles. The summed E-state index contributed by atoms with van der Waals surface area (Å²) in [4.78, 5) is 2.46. The normalized spacial score (nSPS) is 30.1. The highest BCUT2D eigenvalue weighted by Gasteiger charge is 2.30.